The zero-order valence-corrected chi connectivity index (χ0v) is 9.35. The molecule has 0 saturated heterocycles. The number of hydrogen-bond acceptors (Lipinski definition) is 6. The van der Waals surface area contributed by atoms with E-state index >= 15 is 0 Å². The molecule has 0 amide bonds. The summed E-state index contributed by atoms with van der Waals surface area (Å²) in [6, 6.07) is 0. The van der Waals surface area contributed by atoms with E-state index in [2.05, 4.69) is 0 Å². The van der Waals surface area contributed by atoms with Gasteiger partial charge in [0.2, 0.25) is 0 Å². The zero-order chi connectivity index (χ0) is 12.1. The largest absolute Gasteiger partial charge is 0.457 e. The molecule has 1 aliphatic rings. The van der Waals surface area contributed by atoms with Gasteiger partial charge in [-0.15, -0.1) is 0 Å². The van der Waals surface area contributed by atoms with Gasteiger partial charge in [-0.25, -0.2) is 0 Å². The molecule has 6 nitrogen and oxygen atoms in total. The van der Waals surface area contributed by atoms with Gasteiger partial charge in [-0.2, -0.15) is 0 Å². The number of carbonyl (C=O) groups is 2. The SMILES string of the molecule is CC1CC(OC(=O)CN)[C@@H](OC(=O)CN)C1. The predicted molar refractivity (Wildman–Crippen MR) is 56.3 cm³/mol. The average Bonchev–Trinajstić information content (AvgIpc) is 2.58. The third kappa shape index (κ3) is 3.46. The highest BCUT2D eigenvalue weighted by Gasteiger charge is 2.37. The topological polar surface area (TPSA) is 105 Å². The molecule has 1 aliphatic carbocycles. The molecule has 1 fully saturated rings. The van der Waals surface area contributed by atoms with Gasteiger partial charge in [-0.1, -0.05) is 6.92 Å². The Morgan fingerprint density at radius 1 is 1.06 bits per heavy atom. The maximum absolute atomic E-state index is 11.1. The first-order chi connectivity index (χ1) is 7.56. The molecule has 16 heavy (non-hydrogen) atoms. The summed E-state index contributed by atoms with van der Waals surface area (Å²) in [6.07, 6.45) is 0.603. The third-order valence-electron chi connectivity index (χ3n) is 2.58. The van der Waals surface area contributed by atoms with Crippen molar-refractivity contribution in [2.24, 2.45) is 17.4 Å². The lowest BCUT2D eigenvalue weighted by molar-refractivity contribution is -0.163. The highest BCUT2D eigenvalue weighted by Crippen LogP contribution is 2.30. The van der Waals surface area contributed by atoms with Gasteiger partial charge in [-0.3, -0.25) is 9.59 Å². The second-order valence-corrected chi connectivity index (χ2v) is 4.04. The first-order valence-electron chi connectivity index (χ1n) is 5.36. The van der Waals surface area contributed by atoms with Crippen LogP contribution in [-0.4, -0.2) is 37.2 Å². The normalized spacial score (nSPS) is 28.8. The van der Waals surface area contributed by atoms with Crippen molar-refractivity contribution in [1.29, 1.82) is 0 Å². The predicted octanol–water partition coefficient (Wildman–Crippen LogP) is -0.843. The smallest absolute Gasteiger partial charge is 0.320 e. The van der Waals surface area contributed by atoms with Crippen LogP contribution in [0.1, 0.15) is 19.8 Å². The first-order valence-corrected chi connectivity index (χ1v) is 5.36. The van der Waals surface area contributed by atoms with Crippen molar-refractivity contribution in [3.63, 3.8) is 0 Å². The first kappa shape index (κ1) is 12.9. The average molecular weight is 230 g/mol. The van der Waals surface area contributed by atoms with Gasteiger partial charge in [0.15, 0.2) is 0 Å². The summed E-state index contributed by atoms with van der Waals surface area (Å²) in [5, 5.41) is 0. The zero-order valence-electron chi connectivity index (χ0n) is 9.35. The Morgan fingerprint density at radius 2 is 1.44 bits per heavy atom. The number of rotatable bonds is 4. The molecule has 1 saturated carbocycles. The van der Waals surface area contributed by atoms with Crippen LogP contribution in [0.5, 0.6) is 0 Å². The minimum absolute atomic E-state index is 0.164. The second-order valence-electron chi connectivity index (χ2n) is 4.04. The fourth-order valence-corrected chi connectivity index (χ4v) is 1.87. The quantitative estimate of drug-likeness (QED) is 0.610. The maximum Gasteiger partial charge on any atom is 0.320 e. The van der Waals surface area contributed by atoms with Crippen LogP contribution in [0.2, 0.25) is 0 Å². The highest BCUT2D eigenvalue weighted by molar-refractivity contribution is 5.72. The van der Waals surface area contributed by atoms with Crippen molar-refractivity contribution in [3.05, 3.63) is 0 Å². The lowest BCUT2D eigenvalue weighted by atomic mass is 10.1. The molecule has 1 rings (SSSR count). The summed E-state index contributed by atoms with van der Waals surface area (Å²) in [7, 11) is 0. The summed E-state index contributed by atoms with van der Waals surface area (Å²) < 4.78 is 10.2. The number of carbonyl (C=O) groups excluding carboxylic acids is 2. The summed E-state index contributed by atoms with van der Waals surface area (Å²) >= 11 is 0. The van der Waals surface area contributed by atoms with Crippen LogP contribution in [0.4, 0.5) is 0 Å². The molecule has 6 heteroatoms. The summed E-state index contributed by atoms with van der Waals surface area (Å²) in [5.74, 6) is -0.605. The molecular weight excluding hydrogens is 212 g/mol. The van der Waals surface area contributed by atoms with E-state index in [-0.39, 0.29) is 25.3 Å². The molecule has 2 unspecified atom stereocenters. The Bertz CT molecular complexity index is 244. The molecule has 0 spiro atoms. The van der Waals surface area contributed by atoms with Gasteiger partial charge in [-0.05, 0) is 18.8 Å². The van der Waals surface area contributed by atoms with Crippen molar-refractivity contribution in [2.45, 2.75) is 32.0 Å². The third-order valence-corrected chi connectivity index (χ3v) is 2.58. The number of ether oxygens (including phenoxy) is 2. The summed E-state index contributed by atoms with van der Waals surface area (Å²) in [6.45, 7) is 1.68. The Kier molecular flexibility index (Phi) is 4.70. The minimum Gasteiger partial charge on any atom is -0.457 e. The minimum atomic E-state index is -0.479. The monoisotopic (exact) mass is 230 g/mol. The van der Waals surface area contributed by atoms with Gasteiger partial charge in [0, 0.05) is 0 Å². The molecule has 4 N–H and O–H groups in total. The molecule has 0 aromatic rings. The Labute approximate surface area is 94.2 Å². The Hall–Kier alpha value is -1.14. The van der Waals surface area contributed by atoms with Crippen LogP contribution in [0, 0.1) is 5.92 Å². The van der Waals surface area contributed by atoms with E-state index in [9.17, 15) is 9.59 Å². The lowest BCUT2D eigenvalue weighted by Gasteiger charge is -2.19. The molecule has 0 aromatic heterocycles. The lowest BCUT2D eigenvalue weighted by Crippen LogP contribution is -2.34. The van der Waals surface area contributed by atoms with E-state index in [0.717, 1.165) is 0 Å². The molecule has 0 aliphatic heterocycles. The maximum atomic E-state index is 11.1. The van der Waals surface area contributed by atoms with Crippen LogP contribution < -0.4 is 11.5 Å². The molecule has 92 valence electrons. The van der Waals surface area contributed by atoms with Gasteiger partial charge in [0.1, 0.15) is 12.2 Å². The number of nitrogens with two attached hydrogens (primary N) is 2. The summed E-state index contributed by atoms with van der Waals surface area (Å²) in [4.78, 5) is 22.1. The molecule has 0 aromatic carbocycles. The van der Waals surface area contributed by atoms with E-state index in [0.29, 0.717) is 18.8 Å². The Balaban J connectivity index is 2.52. The van der Waals surface area contributed by atoms with E-state index in [1.54, 1.807) is 0 Å². The Morgan fingerprint density at radius 3 is 1.75 bits per heavy atom. The van der Waals surface area contributed by atoms with Crippen molar-refractivity contribution in [2.75, 3.05) is 13.1 Å². The van der Waals surface area contributed by atoms with Crippen LogP contribution in [0.25, 0.3) is 0 Å². The van der Waals surface area contributed by atoms with Crippen LogP contribution in [0.3, 0.4) is 0 Å². The van der Waals surface area contributed by atoms with E-state index in [1.165, 1.54) is 0 Å². The molecule has 0 heterocycles. The highest BCUT2D eigenvalue weighted by atomic mass is 16.6. The van der Waals surface area contributed by atoms with Gasteiger partial charge < -0.3 is 20.9 Å². The van der Waals surface area contributed by atoms with Gasteiger partial charge in [0.05, 0.1) is 13.1 Å². The van der Waals surface area contributed by atoms with Crippen LogP contribution in [-0.2, 0) is 19.1 Å². The van der Waals surface area contributed by atoms with E-state index in [1.807, 2.05) is 6.92 Å². The summed E-state index contributed by atoms with van der Waals surface area (Å²) in [5.41, 5.74) is 10.3. The van der Waals surface area contributed by atoms with Crippen LogP contribution in [0.15, 0.2) is 0 Å². The number of hydrogen-bond donors (Lipinski definition) is 2. The van der Waals surface area contributed by atoms with Crippen molar-refractivity contribution in [3.8, 4) is 0 Å². The molecule has 3 atom stereocenters. The van der Waals surface area contributed by atoms with Crippen molar-refractivity contribution < 1.29 is 19.1 Å². The van der Waals surface area contributed by atoms with Crippen molar-refractivity contribution >= 4 is 11.9 Å². The van der Waals surface area contributed by atoms with Crippen LogP contribution >= 0.6 is 0 Å². The van der Waals surface area contributed by atoms with E-state index < -0.39 is 11.9 Å². The van der Waals surface area contributed by atoms with Gasteiger partial charge >= 0.3 is 11.9 Å². The van der Waals surface area contributed by atoms with Crippen molar-refractivity contribution in [1.82, 2.24) is 0 Å². The molecule has 0 bridgehead atoms. The van der Waals surface area contributed by atoms with Gasteiger partial charge in [0.25, 0.3) is 0 Å². The standard InChI is InChI=1S/C10H18N2O4/c1-6-2-7(15-9(13)4-11)8(3-6)16-10(14)5-12/h6-8H,2-5,11-12H2,1H3/t6?,7-,8?/m0/s1. The fourth-order valence-electron chi connectivity index (χ4n) is 1.87. The van der Waals surface area contributed by atoms with E-state index in [4.69, 9.17) is 20.9 Å². The molecular formula is C10H18N2O4. The second kappa shape index (κ2) is 5.81. The fraction of sp³-hybridized carbons (Fsp3) is 0.800. The number of esters is 2. The molecule has 0 radical (unpaired) electrons.